The fraction of sp³-hybridized carbons (Fsp3) is 0.741. The molecule has 8 heteroatoms. The summed E-state index contributed by atoms with van der Waals surface area (Å²) in [7, 11) is 0. The number of ketones is 3. The number of hydrogen-bond donors (Lipinski definition) is 2. The Bertz CT molecular complexity index is 1010. The summed E-state index contributed by atoms with van der Waals surface area (Å²) in [6.45, 7) is 9.47. The molecular weight excluding hydrogens is 455 g/mol. The van der Waals surface area contributed by atoms with Gasteiger partial charge >= 0.3 is 0 Å². The summed E-state index contributed by atoms with van der Waals surface area (Å²) in [6.07, 6.45) is 4.00. The molecule has 4 fully saturated rings. The van der Waals surface area contributed by atoms with Gasteiger partial charge < -0.3 is 24.5 Å². The lowest BCUT2D eigenvalue weighted by atomic mass is 9.44. The van der Waals surface area contributed by atoms with E-state index >= 15 is 4.39 Å². The van der Waals surface area contributed by atoms with E-state index in [-0.39, 0.29) is 23.9 Å². The number of hydrogen-bond acceptors (Lipinski definition) is 7. The van der Waals surface area contributed by atoms with E-state index in [4.69, 9.17) is 9.47 Å². The Hall–Kier alpha value is -1.74. The molecule has 0 radical (unpaired) electrons. The van der Waals surface area contributed by atoms with Crippen molar-refractivity contribution < 1.29 is 38.5 Å². The standard InChI is InChI=1S/C24H31FO6.C3H6O/c1-20(2)30-19-10-16-15-6-5-13-9-14(27)7-8-21(13,3)23(15,25)17(28)11-22(16,4)24(19,31-20)18(29)12-26;1-3(2)4/h7-9,15-17,19,26,28H,5-6,10-12H2,1-4H3;1-2H3/t15-,16-,17-,19+,21-,22-,23-,24+;/m0./s1. The van der Waals surface area contributed by atoms with Gasteiger partial charge in [-0.15, -0.1) is 0 Å². The number of allylic oxidation sites excluding steroid dienone is 4. The molecule has 1 heterocycles. The third-order valence-electron chi connectivity index (χ3n) is 9.19. The van der Waals surface area contributed by atoms with Crippen molar-refractivity contribution in [1.82, 2.24) is 0 Å². The van der Waals surface area contributed by atoms with Gasteiger partial charge in [0.15, 0.2) is 28.6 Å². The van der Waals surface area contributed by atoms with Crippen LogP contribution in [0.4, 0.5) is 4.39 Å². The Balaban J connectivity index is 0.000000672. The molecule has 7 nitrogen and oxygen atoms in total. The highest BCUT2D eigenvalue weighted by atomic mass is 19.1. The van der Waals surface area contributed by atoms with Crippen LogP contribution in [0.5, 0.6) is 0 Å². The molecular formula is C27H37FO7. The summed E-state index contributed by atoms with van der Waals surface area (Å²) >= 11 is 0. The summed E-state index contributed by atoms with van der Waals surface area (Å²) in [5, 5.41) is 21.2. The molecule has 8 atom stereocenters. The molecule has 3 saturated carbocycles. The second kappa shape index (κ2) is 8.13. The van der Waals surface area contributed by atoms with Crippen LogP contribution in [0.1, 0.15) is 67.2 Å². The minimum atomic E-state index is -1.98. The van der Waals surface area contributed by atoms with Crippen molar-refractivity contribution in [2.24, 2.45) is 22.7 Å². The quantitative estimate of drug-likeness (QED) is 0.610. The Morgan fingerprint density at radius 1 is 1.17 bits per heavy atom. The topological polar surface area (TPSA) is 110 Å². The summed E-state index contributed by atoms with van der Waals surface area (Å²) in [5.74, 6) is -2.29. The zero-order valence-electron chi connectivity index (χ0n) is 21.4. The van der Waals surface area contributed by atoms with E-state index < -0.39 is 58.4 Å². The third kappa shape index (κ3) is 3.40. The molecule has 5 rings (SSSR count). The fourth-order valence-corrected chi connectivity index (χ4v) is 7.93. The zero-order valence-corrected chi connectivity index (χ0v) is 21.4. The van der Waals surface area contributed by atoms with Gasteiger partial charge in [-0.2, -0.15) is 0 Å². The van der Waals surface area contributed by atoms with Crippen LogP contribution in [0.3, 0.4) is 0 Å². The number of ether oxygens (including phenoxy) is 2. The molecule has 0 bridgehead atoms. The van der Waals surface area contributed by atoms with Crippen molar-refractivity contribution in [1.29, 1.82) is 0 Å². The molecule has 1 saturated heterocycles. The Kier molecular flexibility index (Phi) is 6.12. The maximum atomic E-state index is 17.1. The minimum Gasteiger partial charge on any atom is -0.390 e. The zero-order chi connectivity index (χ0) is 26.2. The van der Waals surface area contributed by atoms with Gasteiger partial charge in [0.2, 0.25) is 0 Å². The number of carbonyl (C=O) groups excluding carboxylic acids is 3. The number of aliphatic hydroxyl groups is 2. The first kappa shape index (κ1) is 26.3. The molecule has 4 aliphatic carbocycles. The maximum Gasteiger partial charge on any atom is 0.193 e. The lowest BCUT2D eigenvalue weighted by Crippen LogP contribution is -2.70. The highest BCUT2D eigenvalue weighted by Crippen LogP contribution is 2.72. The molecule has 194 valence electrons. The number of rotatable bonds is 2. The van der Waals surface area contributed by atoms with Gasteiger partial charge in [-0.05, 0) is 78.4 Å². The average Bonchev–Trinajstić information content (AvgIpc) is 3.15. The van der Waals surface area contributed by atoms with Crippen LogP contribution >= 0.6 is 0 Å². The fourth-order valence-electron chi connectivity index (χ4n) is 7.93. The average molecular weight is 493 g/mol. The summed E-state index contributed by atoms with van der Waals surface area (Å²) in [6, 6.07) is 0. The number of aliphatic hydroxyl groups excluding tert-OH is 2. The summed E-state index contributed by atoms with van der Waals surface area (Å²) in [4.78, 5) is 34.5. The minimum absolute atomic E-state index is 0.0109. The molecule has 1 aliphatic heterocycles. The van der Waals surface area contributed by atoms with Crippen LogP contribution in [0.25, 0.3) is 0 Å². The number of carbonyl (C=O) groups is 3. The SMILES string of the molecule is CC(C)=O.CC1(C)O[C@@H]2C[C@H]3[C@@H]4CCC5=CC(=O)C=C[C@]5(C)[C@@]4(F)[C@@H](O)C[C@]3(C)[C@]2(C(=O)CO)O1. The van der Waals surface area contributed by atoms with Gasteiger partial charge in [0.1, 0.15) is 12.4 Å². The van der Waals surface area contributed by atoms with Gasteiger partial charge in [-0.25, -0.2) is 4.39 Å². The van der Waals surface area contributed by atoms with E-state index in [1.54, 1.807) is 26.8 Å². The molecule has 0 aromatic heterocycles. The van der Waals surface area contributed by atoms with Crippen molar-refractivity contribution >= 4 is 17.3 Å². The van der Waals surface area contributed by atoms with E-state index in [0.29, 0.717) is 19.3 Å². The Morgan fingerprint density at radius 3 is 2.40 bits per heavy atom. The van der Waals surface area contributed by atoms with Crippen molar-refractivity contribution in [3.05, 3.63) is 23.8 Å². The largest absolute Gasteiger partial charge is 0.390 e. The third-order valence-corrected chi connectivity index (χ3v) is 9.19. The highest BCUT2D eigenvalue weighted by Gasteiger charge is 2.79. The van der Waals surface area contributed by atoms with E-state index in [1.807, 2.05) is 6.92 Å². The van der Waals surface area contributed by atoms with Gasteiger partial charge in [0, 0.05) is 16.7 Å². The molecule has 0 spiro atoms. The second-order valence-electron chi connectivity index (χ2n) is 11.8. The van der Waals surface area contributed by atoms with Crippen LogP contribution < -0.4 is 0 Å². The molecule has 35 heavy (non-hydrogen) atoms. The van der Waals surface area contributed by atoms with Crippen LogP contribution in [0.2, 0.25) is 0 Å². The van der Waals surface area contributed by atoms with Gasteiger partial charge in [0.25, 0.3) is 0 Å². The summed E-state index contributed by atoms with van der Waals surface area (Å²) < 4.78 is 29.5. The van der Waals surface area contributed by atoms with Crippen molar-refractivity contribution in [2.45, 2.75) is 96.5 Å². The predicted octanol–water partition coefficient (Wildman–Crippen LogP) is 3.01. The highest BCUT2D eigenvalue weighted by molar-refractivity contribution is 6.01. The Morgan fingerprint density at radius 2 is 1.80 bits per heavy atom. The van der Waals surface area contributed by atoms with Crippen molar-refractivity contribution in [2.75, 3.05) is 6.61 Å². The number of Topliss-reactive ketones (excluding diaryl/α,β-unsaturated/α-hetero) is 2. The lowest BCUT2D eigenvalue weighted by Gasteiger charge is -2.62. The molecule has 0 unspecified atom stereocenters. The first-order valence-electron chi connectivity index (χ1n) is 12.4. The van der Waals surface area contributed by atoms with E-state index in [2.05, 4.69) is 0 Å². The first-order valence-corrected chi connectivity index (χ1v) is 12.4. The first-order chi connectivity index (χ1) is 16.1. The maximum absolute atomic E-state index is 17.1. The van der Waals surface area contributed by atoms with Crippen molar-refractivity contribution in [3.63, 3.8) is 0 Å². The molecule has 5 aliphatic rings. The number of halogens is 1. The van der Waals surface area contributed by atoms with Crippen LogP contribution in [-0.2, 0) is 23.9 Å². The molecule has 0 aromatic rings. The molecule has 0 aromatic carbocycles. The predicted molar refractivity (Wildman–Crippen MR) is 125 cm³/mol. The van der Waals surface area contributed by atoms with Gasteiger partial charge in [0.05, 0.1) is 12.2 Å². The van der Waals surface area contributed by atoms with Crippen LogP contribution in [-0.4, -0.2) is 63.4 Å². The van der Waals surface area contributed by atoms with Crippen LogP contribution in [0, 0.1) is 22.7 Å². The van der Waals surface area contributed by atoms with Crippen molar-refractivity contribution in [3.8, 4) is 0 Å². The smallest absolute Gasteiger partial charge is 0.193 e. The van der Waals surface area contributed by atoms with Crippen LogP contribution in [0.15, 0.2) is 23.8 Å². The van der Waals surface area contributed by atoms with E-state index in [9.17, 15) is 24.6 Å². The molecule has 2 N–H and O–H groups in total. The van der Waals surface area contributed by atoms with Gasteiger partial charge in [-0.3, -0.25) is 9.59 Å². The Labute approximate surface area is 205 Å². The second-order valence-corrected chi connectivity index (χ2v) is 11.8. The monoisotopic (exact) mass is 492 g/mol. The lowest BCUT2D eigenvalue weighted by molar-refractivity contribution is -0.246. The summed E-state index contributed by atoms with van der Waals surface area (Å²) in [5.41, 5.74) is -4.66. The number of fused-ring (bicyclic) bond motifs is 7. The van der Waals surface area contributed by atoms with E-state index in [1.165, 1.54) is 26.0 Å². The van der Waals surface area contributed by atoms with E-state index in [0.717, 1.165) is 5.57 Å². The van der Waals surface area contributed by atoms with Gasteiger partial charge in [-0.1, -0.05) is 18.6 Å². The number of alkyl halides is 1. The molecule has 0 amide bonds. The normalized spacial score (nSPS) is 46.9.